The molecule has 0 spiro atoms. The fourth-order valence-electron chi connectivity index (χ4n) is 3.70. The van der Waals surface area contributed by atoms with Gasteiger partial charge in [-0.3, -0.25) is 9.89 Å². The molecule has 0 aromatic heterocycles. The first-order chi connectivity index (χ1) is 14.2. The minimum absolute atomic E-state index is 0. The Kier molecular flexibility index (Phi) is 10.2. The van der Waals surface area contributed by atoms with Crippen LogP contribution in [0.5, 0.6) is 11.5 Å². The number of aliphatic imine (C=N–C) groups is 1. The molecule has 30 heavy (non-hydrogen) atoms. The van der Waals surface area contributed by atoms with E-state index in [0.29, 0.717) is 6.54 Å². The van der Waals surface area contributed by atoms with E-state index in [9.17, 15) is 0 Å². The quantitative estimate of drug-likeness (QED) is 0.313. The SMILES string of the molecule is CN=C(NCc1ccc(OC)cc1)NCC(c1cccc(OC)c1)N1CCCC1.I. The van der Waals surface area contributed by atoms with Gasteiger partial charge in [-0.15, -0.1) is 24.0 Å². The zero-order valence-corrected chi connectivity index (χ0v) is 20.4. The summed E-state index contributed by atoms with van der Waals surface area (Å²) in [7, 11) is 5.20. The lowest BCUT2D eigenvalue weighted by Gasteiger charge is -2.29. The first-order valence-corrected chi connectivity index (χ1v) is 10.2. The lowest BCUT2D eigenvalue weighted by atomic mass is 10.1. The molecule has 7 heteroatoms. The topological polar surface area (TPSA) is 58.1 Å². The Morgan fingerprint density at radius 3 is 2.33 bits per heavy atom. The molecule has 164 valence electrons. The van der Waals surface area contributed by atoms with Crippen LogP contribution in [0.1, 0.15) is 30.0 Å². The summed E-state index contributed by atoms with van der Waals surface area (Å²) in [5.74, 6) is 2.56. The van der Waals surface area contributed by atoms with Crippen molar-refractivity contribution in [1.29, 1.82) is 0 Å². The van der Waals surface area contributed by atoms with Crippen LogP contribution >= 0.6 is 24.0 Å². The predicted octanol–water partition coefficient (Wildman–Crippen LogP) is 3.82. The van der Waals surface area contributed by atoms with Crippen LogP contribution in [0.15, 0.2) is 53.5 Å². The third kappa shape index (κ3) is 6.77. The van der Waals surface area contributed by atoms with E-state index >= 15 is 0 Å². The number of halogens is 1. The molecule has 1 fully saturated rings. The number of nitrogens with one attached hydrogen (secondary N) is 2. The van der Waals surface area contributed by atoms with Crippen molar-refractivity contribution in [2.24, 2.45) is 4.99 Å². The van der Waals surface area contributed by atoms with Gasteiger partial charge in [0.05, 0.1) is 20.3 Å². The molecule has 2 aromatic rings. The second-order valence-corrected chi connectivity index (χ2v) is 7.19. The Bertz CT molecular complexity index is 792. The molecule has 1 heterocycles. The molecule has 0 radical (unpaired) electrons. The predicted molar refractivity (Wildman–Crippen MR) is 133 cm³/mol. The summed E-state index contributed by atoms with van der Waals surface area (Å²) in [5, 5.41) is 6.90. The highest BCUT2D eigenvalue weighted by Crippen LogP contribution is 2.27. The van der Waals surface area contributed by atoms with E-state index in [2.05, 4.69) is 50.9 Å². The molecule has 1 aliphatic heterocycles. The monoisotopic (exact) mass is 524 g/mol. The molecule has 1 aliphatic rings. The van der Waals surface area contributed by atoms with Gasteiger partial charge in [0.1, 0.15) is 11.5 Å². The van der Waals surface area contributed by atoms with Crippen molar-refractivity contribution in [2.75, 3.05) is 40.9 Å². The van der Waals surface area contributed by atoms with Gasteiger partial charge in [-0.05, 0) is 61.3 Å². The summed E-state index contributed by atoms with van der Waals surface area (Å²) in [6.07, 6.45) is 2.51. The number of rotatable bonds is 8. The maximum absolute atomic E-state index is 5.43. The van der Waals surface area contributed by atoms with E-state index < -0.39 is 0 Å². The molecule has 1 saturated heterocycles. The molecule has 0 amide bonds. The second-order valence-electron chi connectivity index (χ2n) is 7.19. The lowest BCUT2D eigenvalue weighted by Crippen LogP contribution is -2.42. The highest BCUT2D eigenvalue weighted by Gasteiger charge is 2.24. The van der Waals surface area contributed by atoms with Crippen molar-refractivity contribution in [2.45, 2.75) is 25.4 Å². The van der Waals surface area contributed by atoms with Crippen LogP contribution in [0.2, 0.25) is 0 Å². The summed E-state index contributed by atoms with van der Waals surface area (Å²) in [5.41, 5.74) is 2.45. The Morgan fingerprint density at radius 1 is 1.00 bits per heavy atom. The number of guanidine groups is 1. The van der Waals surface area contributed by atoms with Crippen molar-refractivity contribution in [3.05, 3.63) is 59.7 Å². The van der Waals surface area contributed by atoms with Crippen molar-refractivity contribution in [1.82, 2.24) is 15.5 Å². The Hall–Kier alpha value is -2.00. The van der Waals surface area contributed by atoms with E-state index in [1.807, 2.05) is 18.2 Å². The molecule has 2 aromatic carbocycles. The average molecular weight is 524 g/mol. The van der Waals surface area contributed by atoms with Crippen molar-refractivity contribution in [3.63, 3.8) is 0 Å². The van der Waals surface area contributed by atoms with E-state index in [1.54, 1.807) is 21.3 Å². The third-order valence-corrected chi connectivity index (χ3v) is 5.37. The van der Waals surface area contributed by atoms with E-state index in [4.69, 9.17) is 9.47 Å². The number of methoxy groups -OCH3 is 2. The van der Waals surface area contributed by atoms with Crippen LogP contribution in [0.4, 0.5) is 0 Å². The summed E-state index contributed by atoms with van der Waals surface area (Å²) >= 11 is 0. The number of benzene rings is 2. The van der Waals surface area contributed by atoms with Gasteiger partial charge in [-0.1, -0.05) is 24.3 Å². The smallest absolute Gasteiger partial charge is 0.191 e. The largest absolute Gasteiger partial charge is 0.497 e. The van der Waals surface area contributed by atoms with Crippen molar-refractivity contribution < 1.29 is 9.47 Å². The van der Waals surface area contributed by atoms with Gasteiger partial charge >= 0.3 is 0 Å². The van der Waals surface area contributed by atoms with Crippen LogP contribution in [0.25, 0.3) is 0 Å². The molecular weight excluding hydrogens is 491 g/mol. The maximum Gasteiger partial charge on any atom is 0.191 e. The first kappa shape index (κ1) is 24.3. The Morgan fingerprint density at radius 2 is 1.70 bits per heavy atom. The summed E-state index contributed by atoms with van der Waals surface area (Å²) in [6, 6.07) is 16.7. The van der Waals surface area contributed by atoms with E-state index in [0.717, 1.165) is 37.1 Å². The molecule has 0 bridgehead atoms. The molecule has 2 N–H and O–H groups in total. The van der Waals surface area contributed by atoms with Gasteiger partial charge in [0.2, 0.25) is 0 Å². The normalized spacial score (nSPS) is 15.2. The van der Waals surface area contributed by atoms with Crippen LogP contribution in [0, 0.1) is 0 Å². The van der Waals surface area contributed by atoms with Crippen molar-refractivity contribution >= 4 is 29.9 Å². The fourth-order valence-corrected chi connectivity index (χ4v) is 3.70. The van der Waals surface area contributed by atoms with Gasteiger partial charge in [0.25, 0.3) is 0 Å². The summed E-state index contributed by atoms with van der Waals surface area (Å²) in [6.45, 7) is 3.75. The van der Waals surface area contributed by atoms with Gasteiger partial charge in [0.15, 0.2) is 5.96 Å². The van der Waals surface area contributed by atoms with E-state index in [1.165, 1.54) is 24.0 Å². The standard InChI is InChI=1S/C23H32N4O2.HI/c1-24-23(25-16-18-9-11-20(28-2)12-10-18)26-17-22(27-13-4-5-14-27)19-7-6-8-21(15-19)29-3;/h6-12,15,22H,4-5,13-14,16-17H2,1-3H3,(H2,24,25,26);1H. The van der Waals surface area contributed by atoms with Gasteiger partial charge in [0, 0.05) is 20.1 Å². The van der Waals surface area contributed by atoms with Crippen LogP contribution in [0.3, 0.4) is 0 Å². The van der Waals surface area contributed by atoms with Crippen LogP contribution in [-0.4, -0.2) is 51.8 Å². The van der Waals surface area contributed by atoms with Gasteiger partial charge < -0.3 is 20.1 Å². The van der Waals surface area contributed by atoms with Crippen molar-refractivity contribution in [3.8, 4) is 11.5 Å². The number of ether oxygens (including phenoxy) is 2. The van der Waals surface area contributed by atoms with Crippen LogP contribution in [-0.2, 0) is 6.54 Å². The van der Waals surface area contributed by atoms with E-state index in [-0.39, 0.29) is 30.0 Å². The second kappa shape index (κ2) is 12.6. The summed E-state index contributed by atoms with van der Waals surface area (Å²) < 4.78 is 10.7. The third-order valence-electron chi connectivity index (χ3n) is 5.37. The molecule has 6 nitrogen and oxygen atoms in total. The maximum atomic E-state index is 5.43. The molecule has 0 saturated carbocycles. The number of likely N-dealkylation sites (tertiary alicyclic amines) is 1. The highest BCUT2D eigenvalue weighted by molar-refractivity contribution is 14.0. The Balaban J connectivity index is 0.00000320. The number of nitrogens with zero attached hydrogens (tertiary/aromatic N) is 2. The first-order valence-electron chi connectivity index (χ1n) is 10.2. The number of hydrogen-bond donors (Lipinski definition) is 2. The summed E-state index contributed by atoms with van der Waals surface area (Å²) in [4.78, 5) is 6.93. The Labute approximate surface area is 197 Å². The molecule has 3 rings (SSSR count). The molecule has 1 unspecified atom stereocenters. The van der Waals surface area contributed by atoms with Gasteiger partial charge in [-0.25, -0.2) is 0 Å². The average Bonchev–Trinajstić information content (AvgIpc) is 3.31. The number of hydrogen-bond acceptors (Lipinski definition) is 4. The zero-order valence-electron chi connectivity index (χ0n) is 18.1. The lowest BCUT2D eigenvalue weighted by molar-refractivity contribution is 0.245. The fraction of sp³-hybridized carbons (Fsp3) is 0.435. The molecule has 0 aliphatic carbocycles. The minimum atomic E-state index is 0. The highest BCUT2D eigenvalue weighted by atomic mass is 127. The molecular formula is C23H33IN4O2. The minimum Gasteiger partial charge on any atom is -0.497 e. The van der Waals surface area contributed by atoms with Gasteiger partial charge in [-0.2, -0.15) is 0 Å². The zero-order chi connectivity index (χ0) is 20.5. The molecule has 1 atom stereocenters. The van der Waals surface area contributed by atoms with Crippen LogP contribution < -0.4 is 20.1 Å².